The Labute approximate surface area is 87.0 Å². The van der Waals surface area contributed by atoms with Crippen molar-refractivity contribution in [2.75, 3.05) is 26.8 Å². The van der Waals surface area contributed by atoms with E-state index in [1.165, 1.54) is 32.4 Å². The zero-order chi connectivity index (χ0) is 11.7. The van der Waals surface area contributed by atoms with E-state index in [1.807, 2.05) is 0 Å². The van der Waals surface area contributed by atoms with Crippen LogP contribution in [-0.2, 0) is 4.74 Å². The topological polar surface area (TPSA) is 12.2 Å². The lowest BCUT2D eigenvalue weighted by atomic mass is 10.2. The number of methoxy groups -OCH3 is 1. The van der Waals surface area contributed by atoms with Gasteiger partial charge in [-0.3, -0.25) is 0 Å². The lowest BCUT2D eigenvalue weighted by Gasteiger charge is -2.08. The third-order valence-electron chi connectivity index (χ3n) is 1.89. The molecule has 1 rings (SSSR count). The van der Waals surface area contributed by atoms with Crippen LogP contribution in [0.2, 0.25) is 0 Å². The van der Waals surface area contributed by atoms with Gasteiger partial charge in [0, 0.05) is 20.0 Å². The largest absolute Gasteiger partial charge is 0.673 e. The van der Waals surface area contributed by atoms with Crippen molar-refractivity contribution in [2.45, 2.75) is 19.3 Å². The second kappa shape index (κ2) is 7.67. The summed E-state index contributed by atoms with van der Waals surface area (Å²) in [5, 5.41) is 0. The van der Waals surface area contributed by atoms with Crippen molar-refractivity contribution in [3.05, 3.63) is 0 Å². The highest BCUT2D eigenvalue weighted by Gasteiger charge is 2.20. The van der Waals surface area contributed by atoms with Crippen molar-refractivity contribution < 1.29 is 26.6 Å². The van der Waals surface area contributed by atoms with Crippen LogP contribution in [0.3, 0.4) is 0 Å². The van der Waals surface area contributed by atoms with Crippen molar-refractivity contribution in [2.24, 2.45) is 0 Å². The van der Waals surface area contributed by atoms with E-state index in [-0.39, 0.29) is 0 Å². The average Bonchev–Trinajstić information content (AvgIpc) is 2.14. The molecule has 0 saturated carbocycles. The molecule has 0 aromatic carbocycles. The summed E-state index contributed by atoms with van der Waals surface area (Å²) < 4.78 is 46.3. The molecule has 2 nitrogen and oxygen atoms in total. The molecule has 1 heterocycles. The summed E-state index contributed by atoms with van der Waals surface area (Å²) in [4.78, 5) is 0. The summed E-state index contributed by atoms with van der Waals surface area (Å²) in [5.41, 5.74) is 0. The molecule has 1 aliphatic rings. The molecule has 0 aliphatic carbocycles. The Morgan fingerprint density at radius 3 is 2.00 bits per heavy atom. The molecule has 1 aliphatic heterocycles. The van der Waals surface area contributed by atoms with E-state index < -0.39 is 7.25 Å². The summed E-state index contributed by atoms with van der Waals surface area (Å²) in [6, 6.07) is 0. The standard InChI is InChI=1S/C8H16NO.BF4/c1-10-8-7-9-5-3-2-4-6-9;2-1(3,4)5/h7H,2-6,8H2,1H3;/q+1;-1. The van der Waals surface area contributed by atoms with E-state index in [0.717, 1.165) is 6.61 Å². The fourth-order valence-corrected chi connectivity index (χ4v) is 1.28. The van der Waals surface area contributed by atoms with Crippen LogP contribution in [0.4, 0.5) is 17.3 Å². The van der Waals surface area contributed by atoms with Crippen molar-refractivity contribution in [1.29, 1.82) is 0 Å². The fraction of sp³-hybridized carbons (Fsp3) is 0.875. The van der Waals surface area contributed by atoms with Gasteiger partial charge in [-0.2, -0.15) is 0 Å². The molecule has 90 valence electrons. The van der Waals surface area contributed by atoms with Gasteiger partial charge in [-0.25, -0.2) is 4.58 Å². The molecular formula is C8H16BF4NO. The first-order valence-corrected chi connectivity index (χ1v) is 4.87. The molecule has 0 spiro atoms. The first kappa shape index (κ1) is 14.4. The minimum atomic E-state index is -6.00. The molecule has 0 radical (unpaired) electrons. The Kier molecular flexibility index (Phi) is 7.37. The van der Waals surface area contributed by atoms with Gasteiger partial charge in [0.1, 0.15) is 19.7 Å². The molecule has 0 amide bonds. The minimum absolute atomic E-state index is 0.764. The summed E-state index contributed by atoms with van der Waals surface area (Å²) >= 11 is 0. The van der Waals surface area contributed by atoms with Gasteiger partial charge in [-0.15, -0.1) is 0 Å². The van der Waals surface area contributed by atoms with Crippen LogP contribution in [0.5, 0.6) is 0 Å². The molecule has 0 N–H and O–H groups in total. The predicted molar refractivity (Wildman–Crippen MR) is 52.0 cm³/mol. The number of halogens is 4. The van der Waals surface area contributed by atoms with Crippen molar-refractivity contribution in [3.8, 4) is 0 Å². The minimum Gasteiger partial charge on any atom is -0.418 e. The predicted octanol–water partition coefficient (Wildman–Crippen LogP) is 2.20. The number of hydrogen-bond donors (Lipinski definition) is 0. The molecule has 7 heteroatoms. The molecule has 0 atom stereocenters. The van der Waals surface area contributed by atoms with Crippen LogP contribution >= 0.6 is 0 Å². The van der Waals surface area contributed by atoms with Crippen LogP contribution < -0.4 is 0 Å². The Balaban J connectivity index is 0.000000336. The Morgan fingerprint density at radius 1 is 1.13 bits per heavy atom. The fourth-order valence-electron chi connectivity index (χ4n) is 1.28. The Morgan fingerprint density at radius 2 is 1.60 bits per heavy atom. The number of piperidine rings is 1. The lowest BCUT2D eigenvalue weighted by molar-refractivity contribution is -0.534. The molecule has 1 fully saturated rings. The van der Waals surface area contributed by atoms with Gasteiger partial charge in [0.25, 0.3) is 0 Å². The summed E-state index contributed by atoms with van der Waals surface area (Å²) in [5.74, 6) is 0. The monoisotopic (exact) mass is 229 g/mol. The van der Waals surface area contributed by atoms with Gasteiger partial charge in [-0.1, -0.05) is 0 Å². The van der Waals surface area contributed by atoms with E-state index >= 15 is 0 Å². The lowest BCUT2D eigenvalue weighted by Crippen LogP contribution is -2.22. The Hall–Kier alpha value is -0.585. The molecule has 0 aromatic rings. The maximum Gasteiger partial charge on any atom is 0.673 e. The van der Waals surface area contributed by atoms with Gasteiger partial charge < -0.3 is 22.0 Å². The van der Waals surface area contributed by atoms with Gasteiger partial charge >= 0.3 is 7.25 Å². The number of hydrogen-bond acceptors (Lipinski definition) is 1. The summed E-state index contributed by atoms with van der Waals surface area (Å²) in [6.45, 7) is 3.22. The molecule has 0 unspecified atom stereocenters. The number of ether oxygens (including phenoxy) is 1. The normalized spacial score (nSPS) is 16.7. The highest BCUT2D eigenvalue weighted by atomic mass is 19.5. The van der Waals surface area contributed by atoms with E-state index in [4.69, 9.17) is 4.74 Å². The third-order valence-corrected chi connectivity index (χ3v) is 1.89. The quantitative estimate of drug-likeness (QED) is 0.401. The van der Waals surface area contributed by atoms with E-state index in [2.05, 4.69) is 10.8 Å². The van der Waals surface area contributed by atoms with Crippen molar-refractivity contribution in [3.63, 3.8) is 0 Å². The first-order chi connectivity index (χ1) is 6.93. The van der Waals surface area contributed by atoms with Crippen LogP contribution in [0.15, 0.2) is 0 Å². The Bertz CT molecular complexity index is 182. The van der Waals surface area contributed by atoms with Gasteiger partial charge in [-0.05, 0) is 6.42 Å². The van der Waals surface area contributed by atoms with Crippen LogP contribution in [0.1, 0.15) is 19.3 Å². The van der Waals surface area contributed by atoms with Crippen LogP contribution in [0.25, 0.3) is 0 Å². The third kappa shape index (κ3) is 13.4. The molecule has 0 aromatic heterocycles. The first-order valence-electron chi connectivity index (χ1n) is 4.87. The van der Waals surface area contributed by atoms with Gasteiger partial charge in [0.2, 0.25) is 0 Å². The molecule has 15 heavy (non-hydrogen) atoms. The molecular weight excluding hydrogens is 213 g/mol. The van der Waals surface area contributed by atoms with Crippen LogP contribution in [-0.4, -0.2) is 44.9 Å². The highest BCUT2D eigenvalue weighted by molar-refractivity contribution is 6.50. The smallest absolute Gasteiger partial charge is 0.418 e. The second-order valence-electron chi connectivity index (χ2n) is 3.23. The second-order valence-corrected chi connectivity index (χ2v) is 3.23. The van der Waals surface area contributed by atoms with E-state index in [1.54, 1.807) is 7.11 Å². The average molecular weight is 229 g/mol. The summed E-state index contributed by atoms with van der Waals surface area (Å²) in [7, 11) is -4.26. The van der Waals surface area contributed by atoms with Crippen LogP contribution in [0, 0.1) is 0 Å². The molecule has 1 saturated heterocycles. The van der Waals surface area contributed by atoms with Crippen molar-refractivity contribution >= 4 is 13.5 Å². The van der Waals surface area contributed by atoms with E-state index in [9.17, 15) is 17.3 Å². The maximum atomic E-state index is 9.75. The molecule has 0 bridgehead atoms. The number of rotatable bonds is 2. The maximum absolute atomic E-state index is 9.75. The van der Waals surface area contributed by atoms with E-state index in [0.29, 0.717) is 0 Å². The SMILES string of the molecule is COCC=[N+]1CCCCC1.F[B-](F)(F)F. The van der Waals surface area contributed by atoms with Crippen molar-refractivity contribution in [1.82, 2.24) is 0 Å². The van der Waals surface area contributed by atoms with Gasteiger partial charge in [0.15, 0.2) is 6.21 Å². The highest BCUT2D eigenvalue weighted by Crippen LogP contribution is 2.06. The summed E-state index contributed by atoms with van der Waals surface area (Å²) in [6.07, 6.45) is 6.25. The zero-order valence-corrected chi connectivity index (χ0v) is 8.76. The zero-order valence-electron chi connectivity index (χ0n) is 8.76. The van der Waals surface area contributed by atoms with Gasteiger partial charge in [0.05, 0.1) is 0 Å². The number of nitrogens with zero attached hydrogens (tertiary/aromatic N) is 1.